The number of primary amides is 1. The van der Waals surface area contributed by atoms with Crippen LogP contribution in [0.5, 0.6) is 0 Å². The number of carbonyl (C=O) groups excluding carboxylic acids is 2. The number of nitrogens with two attached hydrogens (primary N) is 1. The number of benzene rings is 1. The van der Waals surface area contributed by atoms with Gasteiger partial charge in [0.05, 0.1) is 12.1 Å². The topological polar surface area (TPSA) is 110 Å². The molecule has 0 saturated heterocycles. The van der Waals surface area contributed by atoms with Crippen molar-refractivity contribution in [2.45, 2.75) is 0 Å². The lowest BCUT2D eigenvalue weighted by Crippen LogP contribution is -2.29. The average Bonchev–Trinajstić information content (AvgIpc) is 2.81. The maximum absolute atomic E-state index is 11.9. The summed E-state index contributed by atoms with van der Waals surface area (Å²) in [4.78, 5) is 22.3. The Kier molecular flexibility index (Phi) is 4.09. The van der Waals surface area contributed by atoms with Crippen LogP contribution >= 0.6 is 0 Å². The van der Waals surface area contributed by atoms with E-state index in [9.17, 15) is 9.59 Å². The van der Waals surface area contributed by atoms with Gasteiger partial charge in [0.2, 0.25) is 5.91 Å². The standard InChI is InChI=1S/C12H14N4O3/c13-10(17)7-19-6-5-14-12(18)11-8-3-1-2-4-9(8)15-16-11/h1-4H,5-7H2,(H2,13,17)(H,14,18)(H,15,16). The van der Waals surface area contributed by atoms with Crippen molar-refractivity contribution in [3.63, 3.8) is 0 Å². The highest BCUT2D eigenvalue weighted by Gasteiger charge is 2.12. The molecule has 0 spiro atoms. The van der Waals surface area contributed by atoms with Crippen LogP contribution in [-0.4, -0.2) is 41.8 Å². The maximum atomic E-state index is 11.9. The second-order valence-corrected chi connectivity index (χ2v) is 3.89. The molecule has 1 aromatic heterocycles. The van der Waals surface area contributed by atoms with Gasteiger partial charge in [0.25, 0.3) is 5.91 Å². The fourth-order valence-electron chi connectivity index (χ4n) is 1.63. The first-order valence-electron chi connectivity index (χ1n) is 5.76. The van der Waals surface area contributed by atoms with E-state index in [4.69, 9.17) is 10.5 Å². The smallest absolute Gasteiger partial charge is 0.272 e. The number of amides is 2. The number of nitrogens with zero attached hydrogens (tertiary/aromatic N) is 1. The van der Waals surface area contributed by atoms with Gasteiger partial charge in [0.1, 0.15) is 6.61 Å². The molecule has 0 unspecified atom stereocenters. The second-order valence-electron chi connectivity index (χ2n) is 3.89. The molecule has 0 aliphatic heterocycles. The number of aromatic nitrogens is 2. The molecule has 0 radical (unpaired) electrons. The zero-order valence-electron chi connectivity index (χ0n) is 10.2. The molecule has 1 heterocycles. The fraction of sp³-hybridized carbons (Fsp3) is 0.250. The number of rotatable bonds is 6. The van der Waals surface area contributed by atoms with Crippen LogP contribution in [0, 0.1) is 0 Å². The molecule has 7 nitrogen and oxygen atoms in total. The second kappa shape index (κ2) is 5.96. The van der Waals surface area contributed by atoms with Gasteiger partial charge in [-0.15, -0.1) is 0 Å². The van der Waals surface area contributed by atoms with Crippen molar-refractivity contribution in [2.75, 3.05) is 19.8 Å². The van der Waals surface area contributed by atoms with Gasteiger partial charge in [-0.1, -0.05) is 18.2 Å². The lowest BCUT2D eigenvalue weighted by atomic mass is 10.2. The molecule has 2 aromatic rings. The Bertz CT molecular complexity index is 593. The molecule has 2 rings (SSSR count). The molecular weight excluding hydrogens is 248 g/mol. The van der Waals surface area contributed by atoms with Gasteiger partial charge in [-0.25, -0.2) is 0 Å². The number of hydrogen-bond donors (Lipinski definition) is 3. The molecule has 100 valence electrons. The molecule has 19 heavy (non-hydrogen) atoms. The van der Waals surface area contributed by atoms with E-state index in [1.165, 1.54) is 0 Å². The van der Waals surface area contributed by atoms with Crippen LogP contribution in [0.2, 0.25) is 0 Å². The third-order valence-electron chi connectivity index (χ3n) is 2.46. The van der Waals surface area contributed by atoms with Crippen LogP contribution in [0.1, 0.15) is 10.5 Å². The number of hydrogen-bond acceptors (Lipinski definition) is 4. The van der Waals surface area contributed by atoms with Crippen LogP contribution < -0.4 is 11.1 Å². The predicted molar refractivity (Wildman–Crippen MR) is 68.4 cm³/mol. The summed E-state index contributed by atoms with van der Waals surface area (Å²) in [6.45, 7) is 0.353. The Morgan fingerprint density at radius 3 is 2.95 bits per heavy atom. The van der Waals surface area contributed by atoms with E-state index < -0.39 is 5.91 Å². The molecule has 0 atom stereocenters. The average molecular weight is 262 g/mol. The van der Waals surface area contributed by atoms with Crippen molar-refractivity contribution in [1.29, 1.82) is 0 Å². The highest BCUT2D eigenvalue weighted by atomic mass is 16.5. The van der Waals surface area contributed by atoms with Gasteiger partial charge in [-0.2, -0.15) is 5.10 Å². The highest BCUT2D eigenvalue weighted by Crippen LogP contribution is 2.14. The highest BCUT2D eigenvalue weighted by molar-refractivity contribution is 6.04. The zero-order chi connectivity index (χ0) is 13.7. The van der Waals surface area contributed by atoms with E-state index in [1.54, 1.807) is 0 Å². The normalized spacial score (nSPS) is 10.5. The van der Waals surface area contributed by atoms with Crippen LogP contribution in [0.15, 0.2) is 24.3 Å². The van der Waals surface area contributed by atoms with Crippen molar-refractivity contribution >= 4 is 22.7 Å². The van der Waals surface area contributed by atoms with Gasteiger partial charge >= 0.3 is 0 Å². The molecule has 0 aliphatic carbocycles. The van der Waals surface area contributed by atoms with E-state index in [-0.39, 0.29) is 25.7 Å². The van der Waals surface area contributed by atoms with Crippen molar-refractivity contribution in [3.8, 4) is 0 Å². The SMILES string of the molecule is NC(=O)COCCNC(=O)c1n[nH]c2ccccc12. The fourth-order valence-corrected chi connectivity index (χ4v) is 1.63. The van der Waals surface area contributed by atoms with Crippen LogP contribution in [0.3, 0.4) is 0 Å². The molecule has 0 fully saturated rings. The summed E-state index contributed by atoms with van der Waals surface area (Å²) in [7, 11) is 0. The van der Waals surface area contributed by atoms with E-state index in [1.807, 2.05) is 24.3 Å². The van der Waals surface area contributed by atoms with Gasteiger partial charge in [0.15, 0.2) is 5.69 Å². The molecule has 0 aliphatic rings. The Morgan fingerprint density at radius 2 is 2.16 bits per heavy atom. The van der Waals surface area contributed by atoms with Crippen LogP contribution in [0.4, 0.5) is 0 Å². The summed E-state index contributed by atoms with van der Waals surface area (Å²) < 4.78 is 4.93. The van der Waals surface area contributed by atoms with Gasteiger partial charge in [-0.3, -0.25) is 14.7 Å². The predicted octanol–water partition coefficient (Wildman–Crippen LogP) is -0.205. The van der Waals surface area contributed by atoms with Gasteiger partial charge < -0.3 is 15.8 Å². The first-order chi connectivity index (χ1) is 9.18. The molecule has 0 bridgehead atoms. The first-order valence-corrected chi connectivity index (χ1v) is 5.76. The van der Waals surface area contributed by atoms with Crippen LogP contribution in [0.25, 0.3) is 10.9 Å². The lowest BCUT2D eigenvalue weighted by molar-refractivity contribution is -0.122. The summed E-state index contributed by atoms with van der Waals surface area (Å²) in [5, 5.41) is 10.2. The number of ether oxygens (including phenoxy) is 1. The van der Waals surface area contributed by atoms with E-state index >= 15 is 0 Å². The zero-order valence-corrected chi connectivity index (χ0v) is 10.2. The third-order valence-corrected chi connectivity index (χ3v) is 2.46. The Balaban J connectivity index is 1.88. The van der Waals surface area contributed by atoms with Crippen molar-refractivity contribution in [2.24, 2.45) is 5.73 Å². The Morgan fingerprint density at radius 1 is 1.37 bits per heavy atom. The van der Waals surface area contributed by atoms with Gasteiger partial charge in [-0.05, 0) is 6.07 Å². The minimum atomic E-state index is -0.537. The number of nitrogens with one attached hydrogen (secondary N) is 2. The number of para-hydroxylation sites is 1. The monoisotopic (exact) mass is 262 g/mol. The summed E-state index contributed by atoms with van der Waals surface area (Å²) in [6, 6.07) is 7.36. The van der Waals surface area contributed by atoms with Crippen molar-refractivity contribution in [1.82, 2.24) is 15.5 Å². The molecule has 1 aromatic carbocycles. The lowest BCUT2D eigenvalue weighted by Gasteiger charge is -2.03. The van der Waals surface area contributed by atoms with E-state index in [0.29, 0.717) is 5.69 Å². The number of aromatic amines is 1. The summed E-state index contributed by atoms with van der Waals surface area (Å²) in [6.07, 6.45) is 0. The summed E-state index contributed by atoms with van der Waals surface area (Å²) in [5.74, 6) is -0.829. The maximum Gasteiger partial charge on any atom is 0.272 e. The first kappa shape index (κ1) is 13.0. The van der Waals surface area contributed by atoms with Crippen molar-refractivity contribution < 1.29 is 14.3 Å². The minimum absolute atomic E-state index is 0.152. The minimum Gasteiger partial charge on any atom is -0.370 e. The number of H-pyrrole nitrogens is 1. The summed E-state index contributed by atoms with van der Waals surface area (Å²) >= 11 is 0. The molecule has 4 N–H and O–H groups in total. The molecular formula is C12H14N4O3. The van der Waals surface area contributed by atoms with Crippen LogP contribution in [-0.2, 0) is 9.53 Å². The molecule has 2 amide bonds. The number of carbonyl (C=O) groups is 2. The molecule has 0 saturated carbocycles. The largest absolute Gasteiger partial charge is 0.370 e. The quantitative estimate of drug-likeness (QED) is 0.626. The van der Waals surface area contributed by atoms with Crippen molar-refractivity contribution in [3.05, 3.63) is 30.0 Å². The number of fused-ring (bicyclic) bond motifs is 1. The Labute approximate surface area is 109 Å². The van der Waals surface area contributed by atoms with E-state index in [2.05, 4.69) is 15.5 Å². The van der Waals surface area contributed by atoms with Gasteiger partial charge in [0, 0.05) is 11.9 Å². The Hall–Kier alpha value is -2.41. The van der Waals surface area contributed by atoms with E-state index in [0.717, 1.165) is 10.9 Å². The summed E-state index contributed by atoms with van der Waals surface area (Å²) in [5.41, 5.74) is 6.05. The third kappa shape index (κ3) is 3.29. The molecule has 7 heteroatoms.